The van der Waals surface area contributed by atoms with E-state index in [1.54, 1.807) is 18.3 Å². The number of hydrogen-bond donors (Lipinski definition) is 2. The maximum Gasteiger partial charge on any atom is 0.261 e. The largest absolute Gasteiger partial charge is 0.478 e. The van der Waals surface area contributed by atoms with Crippen molar-refractivity contribution in [2.45, 2.75) is 19.4 Å². The average Bonchev–Trinajstić information content (AvgIpc) is 3.42. The van der Waals surface area contributed by atoms with Crippen LogP contribution in [-0.2, 0) is 4.84 Å². The highest BCUT2D eigenvalue weighted by molar-refractivity contribution is 7.18. The highest BCUT2D eigenvalue weighted by atomic mass is 35.5. The second-order valence-corrected chi connectivity index (χ2v) is 8.52. The summed E-state index contributed by atoms with van der Waals surface area (Å²) < 4.78 is 6.02. The lowest BCUT2D eigenvalue weighted by molar-refractivity contribution is 0.0755. The molecular formula is C22H21ClN4O3S. The van der Waals surface area contributed by atoms with Crippen LogP contribution in [0.1, 0.15) is 28.6 Å². The Kier molecular flexibility index (Phi) is 6.69. The molecule has 1 unspecified atom stereocenters. The normalized spacial score (nSPS) is 15.2. The van der Waals surface area contributed by atoms with Crippen molar-refractivity contribution in [3.63, 3.8) is 0 Å². The van der Waals surface area contributed by atoms with Crippen LogP contribution in [0.5, 0.6) is 5.88 Å². The molecule has 0 saturated carbocycles. The van der Waals surface area contributed by atoms with Gasteiger partial charge in [0.05, 0.1) is 28.1 Å². The fraction of sp³-hybridized carbons (Fsp3) is 0.227. The van der Waals surface area contributed by atoms with Crippen LogP contribution < -0.4 is 15.4 Å². The summed E-state index contributed by atoms with van der Waals surface area (Å²) in [6, 6.07) is 15.1. The zero-order valence-corrected chi connectivity index (χ0v) is 18.4. The fourth-order valence-electron chi connectivity index (χ4n) is 3.06. The summed E-state index contributed by atoms with van der Waals surface area (Å²) in [4.78, 5) is 22.4. The van der Waals surface area contributed by atoms with Gasteiger partial charge in [-0.2, -0.15) is 0 Å². The smallest absolute Gasteiger partial charge is 0.261 e. The second-order valence-electron chi connectivity index (χ2n) is 6.80. The Bertz CT molecular complexity index is 1080. The molecule has 160 valence electrons. The van der Waals surface area contributed by atoms with Gasteiger partial charge in [0.25, 0.3) is 5.91 Å². The molecule has 31 heavy (non-hydrogen) atoms. The molecule has 9 heteroatoms. The van der Waals surface area contributed by atoms with Crippen molar-refractivity contribution in [2.75, 3.05) is 18.5 Å². The van der Waals surface area contributed by atoms with E-state index in [1.807, 2.05) is 43.3 Å². The second kappa shape index (κ2) is 9.80. The predicted octanol–water partition coefficient (Wildman–Crippen LogP) is 4.86. The SMILES string of the molecule is CCOc1cc(Nc2ccc(C3=NOC(CNC(=O)c4ccc(Cl)s4)C3)cc2)ccn1. The first-order valence-electron chi connectivity index (χ1n) is 9.83. The van der Waals surface area contributed by atoms with Crippen molar-refractivity contribution in [1.82, 2.24) is 10.3 Å². The van der Waals surface area contributed by atoms with Crippen molar-refractivity contribution in [1.29, 1.82) is 0 Å². The van der Waals surface area contributed by atoms with Crippen LogP contribution in [0.2, 0.25) is 4.34 Å². The summed E-state index contributed by atoms with van der Waals surface area (Å²) in [5.41, 5.74) is 3.67. The number of hydrogen-bond acceptors (Lipinski definition) is 7. The monoisotopic (exact) mass is 456 g/mol. The lowest BCUT2D eigenvalue weighted by Gasteiger charge is -2.10. The molecular weight excluding hydrogens is 436 g/mol. The molecule has 2 N–H and O–H groups in total. The summed E-state index contributed by atoms with van der Waals surface area (Å²) in [6.07, 6.45) is 2.14. The van der Waals surface area contributed by atoms with Gasteiger partial charge in [-0.3, -0.25) is 4.79 Å². The van der Waals surface area contributed by atoms with E-state index >= 15 is 0 Å². The first kappa shape index (κ1) is 21.1. The van der Waals surface area contributed by atoms with Crippen LogP contribution in [0.4, 0.5) is 11.4 Å². The Balaban J connectivity index is 1.29. The molecule has 1 aliphatic rings. The third-order valence-corrected chi connectivity index (χ3v) is 5.78. The number of thiophene rings is 1. The number of nitrogens with zero attached hydrogens (tertiary/aromatic N) is 2. The first-order chi connectivity index (χ1) is 15.1. The van der Waals surface area contributed by atoms with Gasteiger partial charge in [-0.25, -0.2) is 4.98 Å². The quantitative estimate of drug-likeness (QED) is 0.505. The van der Waals surface area contributed by atoms with Gasteiger partial charge >= 0.3 is 0 Å². The van der Waals surface area contributed by atoms with Crippen LogP contribution in [-0.4, -0.2) is 35.9 Å². The van der Waals surface area contributed by atoms with E-state index in [0.717, 1.165) is 22.6 Å². The lowest BCUT2D eigenvalue weighted by Crippen LogP contribution is -2.31. The number of nitrogens with one attached hydrogen (secondary N) is 2. The minimum atomic E-state index is -0.194. The van der Waals surface area contributed by atoms with Gasteiger partial charge in [0, 0.05) is 30.1 Å². The number of carbonyl (C=O) groups is 1. The van der Waals surface area contributed by atoms with E-state index in [0.29, 0.717) is 34.7 Å². The van der Waals surface area contributed by atoms with Gasteiger partial charge in [-0.05, 0) is 42.8 Å². The molecule has 1 aliphatic heterocycles. The lowest BCUT2D eigenvalue weighted by atomic mass is 10.0. The van der Waals surface area contributed by atoms with E-state index < -0.39 is 0 Å². The molecule has 4 rings (SSSR count). The summed E-state index contributed by atoms with van der Waals surface area (Å²) >= 11 is 7.13. The van der Waals surface area contributed by atoms with E-state index in [1.165, 1.54) is 11.3 Å². The number of amides is 1. The zero-order valence-electron chi connectivity index (χ0n) is 16.8. The van der Waals surface area contributed by atoms with Crippen molar-refractivity contribution in [3.05, 3.63) is 69.5 Å². The first-order valence-corrected chi connectivity index (χ1v) is 11.0. The molecule has 1 aromatic carbocycles. The number of halogens is 1. The number of anilines is 2. The van der Waals surface area contributed by atoms with E-state index in [-0.39, 0.29) is 12.0 Å². The molecule has 1 atom stereocenters. The minimum Gasteiger partial charge on any atom is -0.478 e. The third-order valence-electron chi connectivity index (χ3n) is 4.55. The number of ether oxygens (including phenoxy) is 1. The molecule has 1 amide bonds. The van der Waals surface area contributed by atoms with E-state index in [2.05, 4.69) is 20.8 Å². The molecule has 0 aliphatic carbocycles. The maximum absolute atomic E-state index is 12.1. The third kappa shape index (κ3) is 5.53. The van der Waals surface area contributed by atoms with Crippen LogP contribution in [0.3, 0.4) is 0 Å². The predicted molar refractivity (Wildman–Crippen MR) is 123 cm³/mol. The van der Waals surface area contributed by atoms with Crippen molar-refractivity contribution >= 4 is 45.9 Å². The Morgan fingerprint density at radius 1 is 1.23 bits per heavy atom. The molecule has 3 heterocycles. The topological polar surface area (TPSA) is 84.8 Å². The summed E-state index contributed by atoms with van der Waals surface area (Å²) in [7, 11) is 0. The molecule has 7 nitrogen and oxygen atoms in total. The molecule has 3 aromatic rings. The van der Waals surface area contributed by atoms with Gasteiger partial charge in [0.2, 0.25) is 5.88 Å². The molecule has 2 aromatic heterocycles. The number of aromatic nitrogens is 1. The van der Waals surface area contributed by atoms with Gasteiger partial charge in [-0.1, -0.05) is 28.9 Å². The molecule has 0 fully saturated rings. The number of oxime groups is 1. The van der Waals surface area contributed by atoms with Gasteiger partial charge in [-0.15, -0.1) is 11.3 Å². The fourth-order valence-corrected chi connectivity index (χ4v) is 4.02. The Labute approximate surface area is 189 Å². The Morgan fingerprint density at radius 2 is 2.06 bits per heavy atom. The van der Waals surface area contributed by atoms with Crippen LogP contribution in [0.15, 0.2) is 59.9 Å². The Morgan fingerprint density at radius 3 is 2.81 bits per heavy atom. The van der Waals surface area contributed by atoms with Gasteiger partial charge in [0.15, 0.2) is 0 Å². The van der Waals surface area contributed by atoms with Crippen LogP contribution >= 0.6 is 22.9 Å². The maximum atomic E-state index is 12.1. The van der Waals surface area contributed by atoms with Crippen LogP contribution in [0, 0.1) is 0 Å². The number of pyridine rings is 1. The van der Waals surface area contributed by atoms with Crippen molar-refractivity contribution in [2.24, 2.45) is 5.16 Å². The summed E-state index contributed by atoms with van der Waals surface area (Å²) in [6.45, 7) is 2.88. The van der Waals surface area contributed by atoms with E-state index in [4.69, 9.17) is 21.2 Å². The summed E-state index contributed by atoms with van der Waals surface area (Å²) in [5, 5.41) is 10.4. The van der Waals surface area contributed by atoms with E-state index in [9.17, 15) is 4.79 Å². The Hall–Kier alpha value is -3.10. The molecule has 0 spiro atoms. The summed E-state index contributed by atoms with van der Waals surface area (Å²) in [5.74, 6) is 0.426. The van der Waals surface area contributed by atoms with Gasteiger partial charge in [0.1, 0.15) is 6.10 Å². The number of carbonyl (C=O) groups excluding carboxylic acids is 1. The molecule has 0 bridgehead atoms. The zero-order chi connectivity index (χ0) is 21.6. The minimum absolute atomic E-state index is 0.159. The average molecular weight is 457 g/mol. The standard InChI is InChI=1S/C22H21ClN4O3S/c1-2-29-21-11-16(9-10-24-21)26-15-5-3-14(4-6-15)18-12-17(30-27-18)13-25-22(28)19-7-8-20(23)31-19/h3-11,17H,2,12-13H2,1H3,(H,24,26)(H,25,28). The van der Waals surface area contributed by atoms with Crippen LogP contribution in [0.25, 0.3) is 0 Å². The highest BCUT2D eigenvalue weighted by Crippen LogP contribution is 2.23. The highest BCUT2D eigenvalue weighted by Gasteiger charge is 2.23. The molecule has 0 saturated heterocycles. The van der Waals surface area contributed by atoms with Crippen molar-refractivity contribution in [3.8, 4) is 5.88 Å². The number of rotatable bonds is 8. The molecule has 0 radical (unpaired) electrons. The van der Waals surface area contributed by atoms with Crippen molar-refractivity contribution < 1.29 is 14.4 Å². The van der Waals surface area contributed by atoms with Gasteiger partial charge < -0.3 is 20.2 Å². The number of benzene rings is 1.